The minimum absolute atomic E-state index is 0.162. The largest absolute Gasteiger partial charge is 0.340 e. The molecule has 0 radical (unpaired) electrons. The number of nitrogens with one attached hydrogen (secondary N) is 1. The van der Waals surface area contributed by atoms with Crippen LogP contribution in [0.3, 0.4) is 0 Å². The van der Waals surface area contributed by atoms with Gasteiger partial charge in [0.2, 0.25) is 11.8 Å². The number of piperidine rings is 1. The van der Waals surface area contributed by atoms with Gasteiger partial charge in [-0.1, -0.05) is 0 Å². The lowest BCUT2D eigenvalue weighted by molar-refractivity contribution is -0.140. The van der Waals surface area contributed by atoms with Gasteiger partial charge in [0, 0.05) is 37.4 Å². The predicted octanol–water partition coefficient (Wildman–Crippen LogP) is 1.53. The maximum absolute atomic E-state index is 13.4. The molecule has 5 nitrogen and oxygen atoms in total. The van der Waals surface area contributed by atoms with Crippen molar-refractivity contribution in [1.82, 2.24) is 10.2 Å². The fraction of sp³-hybridized carbons (Fsp3) is 0.529. The van der Waals surface area contributed by atoms with Crippen LogP contribution in [0, 0.1) is 17.6 Å². The van der Waals surface area contributed by atoms with E-state index in [4.69, 9.17) is 0 Å². The Balaban J connectivity index is 1.71. The van der Waals surface area contributed by atoms with Crippen molar-refractivity contribution in [3.05, 3.63) is 29.8 Å². The Labute approximate surface area is 139 Å². The van der Waals surface area contributed by atoms with E-state index in [9.17, 15) is 18.4 Å². The third kappa shape index (κ3) is 3.13. The van der Waals surface area contributed by atoms with Crippen LogP contribution in [0.1, 0.15) is 19.3 Å². The zero-order valence-electron chi connectivity index (χ0n) is 13.6. The summed E-state index contributed by atoms with van der Waals surface area (Å²) in [6.45, 7) is 1.60. The average Bonchev–Trinajstić information content (AvgIpc) is 2.98. The number of nitrogens with zero attached hydrogens (tertiary/aromatic N) is 2. The third-order valence-electron chi connectivity index (χ3n) is 4.86. The van der Waals surface area contributed by atoms with Crippen molar-refractivity contribution in [3.63, 3.8) is 0 Å². The first-order valence-corrected chi connectivity index (χ1v) is 8.23. The number of halogens is 2. The summed E-state index contributed by atoms with van der Waals surface area (Å²) in [6.07, 6.45) is 2.32. The Bertz CT molecular complexity index is 653. The summed E-state index contributed by atoms with van der Waals surface area (Å²) >= 11 is 0. The van der Waals surface area contributed by atoms with Crippen molar-refractivity contribution in [1.29, 1.82) is 0 Å². The van der Waals surface area contributed by atoms with Crippen molar-refractivity contribution < 1.29 is 18.4 Å². The van der Waals surface area contributed by atoms with Crippen molar-refractivity contribution >= 4 is 17.5 Å². The minimum Gasteiger partial charge on any atom is -0.340 e. The highest BCUT2D eigenvalue weighted by Gasteiger charge is 2.40. The maximum Gasteiger partial charge on any atom is 0.239 e. The van der Waals surface area contributed by atoms with E-state index in [1.165, 1.54) is 11.0 Å². The molecule has 2 amide bonds. The van der Waals surface area contributed by atoms with Crippen LogP contribution in [0.4, 0.5) is 14.5 Å². The fourth-order valence-corrected chi connectivity index (χ4v) is 3.45. The molecule has 0 aliphatic carbocycles. The summed E-state index contributed by atoms with van der Waals surface area (Å²) in [4.78, 5) is 28.4. The number of likely N-dealkylation sites (tertiary alicyclic amines) is 1. The molecule has 0 saturated carbocycles. The van der Waals surface area contributed by atoms with E-state index < -0.39 is 17.6 Å². The van der Waals surface area contributed by atoms with Crippen molar-refractivity contribution in [2.75, 3.05) is 31.6 Å². The van der Waals surface area contributed by atoms with Gasteiger partial charge in [-0.15, -0.1) is 0 Å². The van der Waals surface area contributed by atoms with Crippen LogP contribution in [0.15, 0.2) is 18.2 Å². The molecular formula is C17H21F2N3O2. The number of amides is 2. The van der Waals surface area contributed by atoms with Gasteiger partial charge in [-0.2, -0.15) is 0 Å². The highest BCUT2D eigenvalue weighted by Crippen LogP contribution is 2.28. The van der Waals surface area contributed by atoms with E-state index in [2.05, 4.69) is 5.32 Å². The summed E-state index contributed by atoms with van der Waals surface area (Å²) in [6, 6.07) is 3.61. The summed E-state index contributed by atoms with van der Waals surface area (Å²) in [5, 5.41) is 3.17. The molecule has 1 N–H and O–H groups in total. The Kier molecular flexibility index (Phi) is 4.80. The molecule has 24 heavy (non-hydrogen) atoms. The lowest BCUT2D eigenvalue weighted by Gasteiger charge is -2.33. The summed E-state index contributed by atoms with van der Waals surface area (Å²) < 4.78 is 26.4. The highest BCUT2D eigenvalue weighted by atomic mass is 19.2. The number of carbonyl (C=O) groups is 2. The highest BCUT2D eigenvalue weighted by molar-refractivity contribution is 6.09. The van der Waals surface area contributed by atoms with E-state index in [1.54, 1.807) is 4.90 Å². The van der Waals surface area contributed by atoms with Gasteiger partial charge in [0.1, 0.15) is 5.92 Å². The van der Waals surface area contributed by atoms with Crippen LogP contribution < -0.4 is 10.2 Å². The Morgan fingerprint density at radius 1 is 1.21 bits per heavy atom. The number of likely N-dealkylation sites (N-methyl/N-ethyl adjacent to an activating group) is 1. The predicted molar refractivity (Wildman–Crippen MR) is 85.5 cm³/mol. The first-order valence-electron chi connectivity index (χ1n) is 8.23. The summed E-state index contributed by atoms with van der Waals surface area (Å²) in [5.74, 6) is -3.18. The zero-order valence-corrected chi connectivity index (χ0v) is 13.6. The topological polar surface area (TPSA) is 52.7 Å². The molecule has 2 saturated heterocycles. The van der Waals surface area contributed by atoms with Gasteiger partial charge in [0.25, 0.3) is 0 Å². The molecule has 0 unspecified atom stereocenters. The monoisotopic (exact) mass is 337 g/mol. The molecule has 2 atom stereocenters. The molecule has 2 fully saturated rings. The Morgan fingerprint density at radius 3 is 2.71 bits per heavy atom. The number of carbonyl (C=O) groups excluding carboxylic acids is 2. The van der Waals surface area contributed by atoms with Gasteiger partial charge in [-0.05, 0) is 38.4 Å². The standard InChI is InChI=1S/C17H21F2N3O2/c1-20-11-3-2-7-21(10-11)16(23)13-6-8-22(17(13)24)12-4-5-14(18)15(19)9-12/h4-5,9,11,13,20H,2-3,6-8,10H2,1H3/t11-,13-/m0/s1. The molecule has 2 aliphatic rings. The second-order valence-electron chi connectivity index (χ2n) is 6.34. The molecule has 3 rings (SSSR count). The Morgan fingerprint density at radius 2 is 2.00 bits per heavy atom. The van der Waals surface area contributed by atoms with Gasteiger partial charge in [0.05, 0.1) is 0 Å². The molecule has 2 aliphatic heterocycles. The zero-order chi connectivity index (χ0) is 17.3. The fourth-order valence-electron chi connectivity index (χ4n) is 3.45. The Hall–Kier alpha value is -2.02. The molecule has 130 valence electrons. The molecular weight excluding hydrogens is 316 g/mol. The van der Waals surface area contributed by atoms with Crippen molar-refractivity contribution in [2.45, 2.75) is 25.3 Å². The maximum atomic E-state index is 13.4. The summed E-state index contributed by atoms with van der Waals surface area (Å²) in [7, 11) is 1.87. The molecule has 1 aromatic carbocycles. The van der Waals surface area contributed by atoms with Crippen molar-refractivity contribution in [2.24, 2.45) is 5.92 Å². The normalized spacial score (nSPS) is 24.5. The number of hydrogen-bond acceptors (Lipinski definition) is 3. The molecule has 0 bridgehead atoms. The molecule has 0 spiro atoms. The van der Waals surface area contributed by atoms with Crippen LogP contribution in [0.2, 0.25) is 0 Å². The second-order valence-corrected chi connectivity index (χ2v) is 6.34. The number of anilines is 1. The van der Waals surface area contributed by atoms with Crippen LogP contribution in [-0.4, -0.2) is 49.4 Å². The average molecular weight is 337 g/mol. The lowest BCUT2D eigenvalue weighted by atomic mass is 10.0. The van der Waals surface area contributed by atoms with Crippen LogP contribution in [-0.2, 0) is 9.59 Å². The number of hydrogen-bond donors (Lipinski definition) is 1. The van der Waals surface area contributed by atoms with E-state index in [0.717, 1.165) is 25.0 Å². The first-order chi connectivity index (χ1) is 11.5. The first kappa shape index (κ1) is 16.8. The van der Waals surface area contributed by atoms with E-state index >= 15 is 0 Å². The van der Waals surface area contributed by atoms with E-state index in [-0.39, 0.29) is 17.9 Å². The third-order valence-corrected chi connectivity index (χ3v) is 4.86. The van der Waals surface area contributed by atoms with Crippen LogP contribution in [0.5, 0.6) is 0 Å². The smallest absolute Gasteiger partial charge is 0.239 e. The van der Waals surface area contributed by atoms with Gasteiger partial charge >= 0.3 is 0 Å². The van der Waals surface area contributed by atoms with Gasteiger partial charge in [-0.3, -0.25) is 9.59 Å². The number of rotatable bonds is 3. The van der Waals surface area contributed by atoms with E-state index in [0.29, 0.717) is 31.7 Å². The second kappa shape index (κ2) is 6.84. The number of benzene rings is 1. The van der Waals surface area contributed by atoms with Gasteiger partial charge in [-0.25, -0.2) is 8.78 Å². The summed E-state index contributed by atoms with van der Waals surface area (Å²) in [5.41, 5.74) is 0.293. The van der Waals surface area contributed by atoms with Crippen molar-refractivity contribution in [3.8, 4) is 0 Å². The molecule has 2 heterocycles. The van der Waals surface area contributed by atoms with Gasteiger partial charge in [0.15, 0.2) is 11.6 Å². The van der Waals surface area contributed by atoms with E-state index in [1.807, 2.05) is 7.05 Å². The molecule has 0 aromatic heterocycles. The van der Waals surface area contributed by atoms with Gasteiger partial charge < -0.3 is 15.1 Å². The minimum atomic E-state index is -0.997. The molecule has 7 heteroatoms. The van der Waals surface area contributed by atoms with Crippen LogP contribution >= 0.6 is 0 Å². The molecule has 1 aromatic rings. The quantitative estimate of drug-likeness (QED) is 0.851. The lowest BCUT2D eigenvalue weighted by Crippen LogP contribution is -2.49. The van der Waals surface area contributed by atoms with Crippen LogP contribution in [0.25, 0.3) is 0 Å². The SMILES string of the molecule is CN[C@H]1CCCN(C(=O)[C@@H]2CCN(c3ccc(F)c(F)c3)C2=O)C1.